The molecule has 1 aromatic heterocycles. The molecule has 0 saturated heterocycles. The molecule has 0 aliphatic heterocycles. The van der Waals surface area contributed by atoms with E-state index in [4.69, 9.17) is 0 Å². The lowest BCUT2D eigenvalue weighted by Gasteiger charge is -2.03. The minimum absolute atomic E-state index is 0.281. The Morgan fingerprint density at radius 2 is 2.18 bits per heavy atom. The zero-order chi connectivity index (χ0) is 12.3. The summed E-state index contributed by atoms with van der Waals surface area (Å²) >= 11 is 4.60. The number of hydrogen-bond acceptors (Lipinski definition) is 2. The topological polar surface area (TPSA) is 12.9 Å². The Labute approximate surface area is 113 Å². The van der Waals surface area contributed by atoms with Crippen LogP contribution >= 0.6 is 27.7 Å². The molecule has 17 heavy (non-hydrogen) atoms. The highest BCUT2D eigenvalue weighted by Gasteiger charge is 2.05. The molecule has 1 aromatic carbocycles. The third-order valence-corrected chi connectivity index (χ3v) is 3.72. The van der Waals surface area contributed by atoms with Gasteiger partial charge in [-0.15, -0.1) is 0 Å². The van der Waals surface area contributed by atoms with E-state index in [0.717, 1.165) is 5.75 Å². The molecule has 1 nitrogen and oxygen atoms in total. The summed E-state index contributed by atoms with van der Waals surface area (Å²) in [6, 6.07) is 9.63. The van der Waals surface area contributed by atoms with Gasteiger partial charge in [-0.2, -0.15) is 0 Å². The maximum absolute atomic E-state index is 13.5. The van der Waals surface area contributed by atoms with Crippen molar-refractivity contribution in [1.29, 1.82) is 0 Å². The normalized spacial score (nSPS) is 10.5. The van der Waals surface area contributed by atoms with E-state index in [2.05, 4.69) is 27.0 Å². The van der Waals surface area contributed by atoms with Crippen molar-refractivity contribution in [2.45, 2.75) is 17.7 Å². The van der Waals surface area contributed by atoms with Crippen LogP contribution in [-0.4, -0.2) is 4.98 Å². The van der Waals surface area contributed by atoms with Crippen LogP contribution in [0.2, 0.25) is 0 Å². The van der Waals surface area contributed by atoms with E-state index in [1.807, 2.05) is 25.1 Å². The number of thioether (sulfide) groups is 1. The van der Waals surface area contributed by atoms with Gasteiger partial charge in [0.1, 0.15) is 5.03 Å². The molecule has 0 amide bonds. The van der Waals surface area contributed by atoms with E-state index in [9.17, 15) is 4.39 Å². The Kier molecular flexibility index (Phi) is 4.18. The summed E-state index contributed by atoms with van der Waals surface area (Å²) in [6.07, 6.45) is 1.61. The number of halogens is 2. The summed E-state index contributed by atoms with van der Waals surface area (Å²) in [5, 5.41) is 0.440. The molecular weight excluding hydrogens is 301 g/mol. The summed E-state index contributed by atoms with van der Waals surface area (Å²) in [7, 11) is 0. The minimum Gasteiger partial charge on any atom is -0.246 e. The van der Waals surface area contributed by atoms with Gasteiger partial charge in [-0.25, -0.2) is 9.37 Å². The van der Waals surface area contributed by atoms with Crippen molar-refractivity contribution in [3.8, 4) is 0 Å². The van der Waals surface area contributed by atoms with Gasteiger partial charge in [-0.1, -0.05) is 41.6 Å². The molecule has 1 heterocycles. The molecule has 2 rings (SSSR count). The molecule has 0 aliphatic rings. The first-order chi connectivity index (χ1) is 8.15. The third-order valence-electron chi connectivity index (χ3n) is 2.23. The van der Waals surface area contributed by atoms with Crippen molar-refractivity contribution in [3.05, 3.63) is 57.9 Å². The number of aryl methyl sites for hydroxylation is 1. The van der Waals surface area contributed by atoms with Crippen LogP contribution < -0.4 is 0 Å². The lowest BCUT2D eigenvalue weighted by atomic mass is 10.2. The molecule has 0 N–H and O–H groups in total. The number of aromatic nitrogens is 1. The molecule has 0 aliphatic carbocycles. The number of hydrogen-bond donors (Lipinski definition) is 0. The summed E-state index contributed by atoms with van der Waals surface area (Å²) in [5.74, 6) is 0.449. The second-order valence-corrected chi connectivity index (χ2v) is 5.60. The first-order valence-electron chi connectivity index (χ1n) is 5.14. The predicted molar refractivity (Wildman–Crippen MR) is 72.6 cm³/mol. The number of pyridine rings is 1. The fourth-order valence-electron chi connectivity index (χ4n) is 1.46. The molecule has 4 heteroatoms. The number of benzene rings is 1. The first-order valence-corrected chi connectivity index (χ1v) is 6.92. The highest BCUT2D eigenvalue weighted by Crippen LogP contribution is 2.25. The van der Waals surface area contributed by atoms with E-state index in [-0.39, 0.29) is 5.82 Å². The SMILES string of the molecule is Cc1cccc(CSc2ncc(Br)cc2F)c1. The lowest BCUT2D eigenvalue weighted by molar-refractivity contribution is 0.586. The Morgan fingerprint density at radius 1 is 1.35 bits per heavy atom. The van der Waals surface area contributed by atoms with Crippen LogP contribution in [-0.2, 0) is 5.75 Å². The summed E-state index contributed by atoms with van der Waals surface area (Å²) in [5.41, 5.74) is 2.39. The molecule has 2 aromatic rings. The Balaban J connectivity index is 2.07. The number of nitrogens with zero attached hydrogens (tertiary/aromatic N) is 1. The predicted octanol–water partition coefficient (Wildman–Crippen LogP) is 4.58. The quantitative estimate of drug-likeness (QED) is 0.769. The van der Waals surface area contributed by atoms with E-state index in [1.165, 1.54) is 29.0 Å². The van der Waals surface area contributed by atoms with E-state index >= 15 is 0 Å². The van der Waals surface area contributed by atoms with Crippen LogP contribution in [0.3, 0.4) is 0 Å². The van der Waals surface area contributed by atoms with Gasteiger partial charge in [0.25, 0.3) is 0 Å². The number of rotatable bonds is 3. The monoisotopic (exact) mass is 311 g/mol. The van der Waals surface area contributed by atoms with Gasteiger partial charge >= 0.3 is 0 Å². The fraction of sp³-hybridized carbons (Fsp3) is 0.154. The maximum atomic E-state index is 13.5. The maximum Gasteiger partial charge on any atom is 0.156 e. The molecule has 0 spiro atoms. The van der Waals surface area contributed by atoms with Crippen LogP contribution in [0.1, 0.15) is 11.1 Å². The zero-order valence-corrected chi connectivity index (χ0v) is 11.7. The van der Waals surface area contributed by atoms with Crippen LogP contribution in [0.15, 0.2) is 46.0 Å². The summed E-state index contributed by atoms with van der Waals surface area (Å²) < 4.78 is 14.2. The van der Waals surface area contributed by atoms with Gasteiger partial charge in [-0.3, -0.25) is 0 Å². The average molecular weight is 312 g/mol. The molecule has 0 atom stereocenters. The molecule has 0 radical (unpaired) electrons. The average Bonchev–Trinajstić information content (AvgIpc) is 2.28. The molecule has 0 fully saturated rings. The minimum atomic E-state index is -0.281. The van der Waals surface area contributed by atoms with Crippen molar-refractivity contribution in [2.24, 2.45) is 0 Å². The third kappa shape index (κ3) is 3.54. The van der Waals surface area contributed by atoms with Crippen molar-refractivity contribution >= 4 is 27.7 Å². The molecular formula is C13H11BrFNS. The van der Waals surface area contributed by atoms with E-state index in [1.54, 1.807) is 6.20 Å². The van der Waals surface area contributed by atoms with Crippen molar-refractivity contribution < 1.29 is 4.39 Å². The smallest absolute Gasteiger partial charge is 0.156 e. The van der Waals surface area contributed by atoms with Gasteiger partial charge in [0.05, 0.1) is 0 Å². The Hall–Kier alpha value is -0.870. The van der Waals surface area contributed by atoms with Crippen molar-refractivity contribution in [2.75, 3.05) is 0 Å². The highest BCUT2D eigenvalue weighted by atomic mass is 79.9. The van der Waals surface area contributed by atoms with Crippen LogP contribution in [0.25, 0.3) is 0 Å². The molecule has 0 unspecified atom stereocenters. The van der Waals surface area contributed by atoms with E-state index < -0.39 is 0 Å². The summed E-state index contributed by atoms with van der Waals surface area (Å²) in [6.45, 7) is 2.05. The molecule has 0 bridgehead atoms. The molecule has 0 saturated carbocycles. The standard InChI is InChI=1S/C13H11BrFNS/c1-9-3-2-4-10(5-9)8-17-13-12(15)6-11(14)7-16-13/h2-7H,8H2,1H3. The van der Waals surface area contributed by atoms with Gasteiger partial charge in [0, 0.05) is 16.4 Å². The Morgan fingerprint density at radius 3 is 2.88 bits per heavy atom. The van der Waals surface area contributed by atoms with Crippen LogP contribution in [0.4, 0.5) is 4.39 Å². The Bertz CT molecular complexity index is 531. The lowest BCUT2D eigenvalue weighted by Crippen LogP contribution is -1.88. The highest BCUT2D eigenvalue weighted by molar-refractivity contribution is 9.10. The van der Waals surface area contributed by atoms with Gasteiger partial charge < -0.3 is 0 Å². The zero-order valence-electron chi connectivity index (χ0n) is 9.28. The molecule has 88 valence electrons. The fourth-order valence-corrected chi connectivity index (χ4v) is 2.57. The van der Waals surface area contributed by atoms with Gasteiger partial charge in [0.15, 0.2) is 5.82 Å². The van der Waals surface area contributed by atoms with Crippen molar-refractivity contribution in [3.63, 3.8) is 0 Å². The van der Waals surface area contributed by atoms with Gasteiger partial charge in [0.2, 0.25) is 0 Å². The van der Waals surface area contributed by atoms with Gasteiger partial charge in [-0.05, 0) is 34.5 Å². The first kappa shape index (κ1) is 12.6. The van der Waals surface area contributed by atoms with Crippen LogP contribution in [0, 0.1) is 12.7 Å². The van der Waals surface area contributed by atoms with Crippen LogP contribution in [0.5, 0.6) is 0 Å². The second-order valence-electron chi connectivity index (χ2n) is 3.72. The largest absolute Gasteiger partial charge is 0.246 e. The second kappa shape index (κ2) is 5.65. The summed E-state index contributed by atoms with van der Waals surface area (Å²) in [4.78, 5) is 4.06. The van der Waals surface area contributed by atoms with E-state index in [0.29, 0.717) is 9.50 Å². The van der Waals surface area contributed by atoms with Crippen molar-refractivity contribution in [1.82, 2.24) is 4.98 Å².